The van der Waals surface area contributed by atoms with Crippen LogP contribution in [0.4, 0.5) is 30.7 Å². The maximum absolute atomic E-state index is 15.3. The standard InChI is InChI=1S/C22H28F6O.C19H32FS2.C19H32S2.C12H10NO4S2/c1-2-3-14-4-6-15(7-5-14)16-8-10-21(26,11-9-16)22(27,28)29-17-12-18(23)20(25)19(24)13-17;1-2-4-15-5-7-16(8-6-15)17-9-11-19(20,12-10-17)18-21-13-3-14-22-18;1-2-4-15-5-7-16(8-6-15)17-9-11-18(12-10-17)19-20-13-3-14-21-19;14-18(15,11-7-3-1-4-8-11)13-19(16,17)12-9-5-2-6-10-12/h12-16H,2-11H2,1H3;15-17H,2-14H2,1H3;15-17H,2-14H2,1H3;1-10H/q;+1;;-1. The predicted octanol–water partition coefficient (Wildman–Crippen LogP) is 22.4. The van der Waals surface area contributed by atoms with Gasteiger partial charge in [0.25, 0.3) is 4.20 Å². The molecule has 8 aliphatic rings. The lowest BCUT2D eigenvalue weighted by atomic mass is 9.68. The number of allylic oxidation sites excluding steroid dienone is 1. The second kappa shape index (κ2) is 35.8. The second-order valence-corrected chi connectivity index (χ2v) is 35.8. The first-order valence-electron chi connectivity index (χ1n) is 34.7. The molecule has 7 fully saturated rings. The van der Waals surface area contributed by atoms with E-state index in [-0.39, 0.29) is 28.6 Å². The highest BCUT2D eigenvalue weighted by Crippen LogP contribution is 2.52. The van der Waals surface area contributed by atoms with Crippen LogP contribution in [0.15, 0.2) is 92.4 Å². The summed E-state index contributed by atoms with van der Waals surface area (Å²) in [4.78, 5) is -0.316. The molecule has 0 aromatic heterocycles. The highest BCUT2D eigenvalue weighted by atomic mass is 32.3. The van der Waals surface area contributed by atoms with Crippen LogP contribution in [0.1, 0.15) is 226 Å². The number of sulfonamides is 2. The zero-order valence-electron chi connectivity index (χ0n) is 54.2. The first-order chi connectivity index (χ1) is 43.6. The zero-order valence-corrected chi connectivity index (χ0v) is 59.1. The van der Waals surface area contributed by atoms with Crippen LogP contribution < -0.4 is 4.74 Å². The minimum atomic E-state index is -4.26. The molecule has 6 saturated carbocycles. The molecule has 0 amide bonds. The van der Waals surface area contributed by atoms with Gasteiger partial charge in [0, 0.05) is 38.3 Å². The smallest absolute Gasteiger partial charge is 0.430 e. The van der Waals surface area contributed by atoms with E-state index in [1.807, 2.05) is 28.7 Å². The van der Waals surface area contributed by atoms with Gasteiger partial charge in [-0.1, -0.05) is 152 Å². The van der Waals surface area contributed by atoms with Crippen molar-refractivity contribution in [1.82, 2.24) is 0 Å². The molecule has 3 aromatic carbocycles. The summed E-state index contributed by atoms with van der Waals surface area (Å²) in [6.45, 7) is 6.83. The van der Waals surface area contributed by atoms with E-state index >= 15 is 8.78 Å². The van der Waals surface area contributed by atoms with E-state index < -0.39 is 60.7 Å². The van der Waals surface area contributed by atoms with E-state index in [0.717, 1.165) is 108 Å². The number of halogens is 7. The van der Waals surface area contributed by atoms with E-state index in [1.165, 1.54) is 176 Å². The molecule has 0 bridgehead atoms. The number of hydrogen-bond acceptors (Lipinski definition) is 8. The predicted molar refractivity (Wildman–Crippen MR) is 368 cm³/mol. The Labute approximate surface area is 559 Å². The Bertz CT molecular complexity index is 2860. The van der Waals surface area contributed by atoms with Crippen LogP contribution in [0, 0.1) is 70.7 Å². The molecule has 6 nitrogen and oxygen atoms in total. The fourth-order valence-corrected chi connectivity index (χ4v) is 24.3. The van der Waals surface area contributed by atoms with Crippen LogP contribution in [-0.2, 0) is 31.4 Å². The highest BCUT2D eigenvalue weighted by Gasteiger charge is 2.59. The van der Waals surface area contributed by atoms with Gasteiger partial charge in [0.15, 0.2) is 40.2 Å². The fraction of sp³-hybridized carbons (Fsp3) is 0.708. The van der Waals surface area contributed by atoms with E-state index in [0.29, 0.717) is 30.9 Å². The third kappa shape index (κ3) is 21.6. The van der Waals surface area contributed by atoms with Crippen molar-refractivity contribution in [2.45, 2.75) is 253 Å². The zero-order chi connectivity index (χ0) is 65.1. The summed E-state index contributed by atoms with van der Waals surface area (Å²) in [5.41, 5.74) is -2.02. The van der Waals surface area contributed by atoms with Gasteiger partial charge >= 0.3 is 6.11 Å². The lowest BCUT2D eigenvalue weighted by molar-refractivity contribution is -0.274. The number of thioether (sulfide) groups is 3. The molecule has 6 aliphatic carbocycles. The first-order valence-corrected chi connectivity index (χ1v) is 41.5. The molecule has 2 heterocycles. The highest BCUT2D eigenvalue weighted by molar-refractivity contribution is 8.23. The summed E-state index contributed by atoms with van der Waals surface area (Å²) in [5.74, 6) is 6.34. The minimum absolute atomic E-state index is 0.158. The van der Waals surface area contributed by atoms with Gasteiger partial charge in [-0.3, -0.25) is 0 Å². The molecule has 1 saturated heterocycles. The third-order valence-corrected chi connectivity index (χ3v) is 30.3. The Morgan fingerprint density at radius 1 is 0.527 bits per heavy atom. The Morgan fingerprint density at radius 3 is 1.31 bits per heavy atom. The molecule has 0 radical (unpaired) electrons. The minimum Gasteiger partial charge on any atom is -0.430 e. The van der Waals surface area contributed by atoms with Crippen molar-refractivity contribution < 1.29 is 52.3 Å². The fourth-order valence-electron chi connectivity index (χ4n) is 15.9. The molecule has 91 heavy (non-hydrogen) atoms. The molecule has 19 heteroatoms. The average molecular weight is 1390 g/mol. The molecule has 510 valence electrons. The SMILES string of the molecule is CCCC1CCC(C2CCC(=C3SCCCS3)CC2)CC1.CCCC1CCC(C2CCC(F)(C(F)(F)Oc3cc(F)c(F)c(F)c3)CC2)CC1.CCCC1CCC(C2CCC(F)(C3=[S+]CCCS3)CC2)CC1.O=S(=O)([N-]S(=O)(=O)c1ccccc1)c1ccccc1. The molecule has 0 atom stereocenters. The van der Waals surface area contributed by atoms with Crippen molar-refractivity contribution in [2.75, 3.05) is 23.0 Å². The summed E-state index contributed by atoms with van der Waals surface area (Å²) in [6.07, 6.45) is 32.5. The maximum atomic E-state index is 15.3. The van der Waals surface area contributed by atoms with Crippen LogP contribution >= 0.6 is 35.3 Å². The molecule has 2 aliphatic heterocycles. The number of benzene rings is 3. The van der Waals surface area contributed by atoms with Crippen LogP contribution in [0.25, 0.3) is 4.13 Å². The van der Waals surface area contributed by atoms with Gasteiger partial charge in [-0.25, -0.2) is 38.8 Å². The van der Waals surface area contributed by atoms with Gasteiger partial charge in [0.2, 0.25) is 5.67 Å². The Hall–Kier alpha value is -2.29. The monoisotopic (exact) mass is 1390 g/mol. The average Bonchev–Trinajstić information content (AvgIpc) is 0.834. The van der Waals surface area contributed by atoms with Gasteiger partial charge in [0.1, 0.15) is 25.8 Å². The topological polar surface area (TPSA) is 91.6 Å². The van der Waals surface area contributed by atoms with Crippen molar-refractivity contribution in [1.29, 1.82) is 0 Å². The molecule has 0 spiro atoms. The number of nitrogens with zero attached hydrogens (tertiary/aromatic N) is 1. The van der Waals surface area contributed by atoms with Crippen molar-refractivity contribution in [3.63, 3.8) is 0 Å². The van der Waals surface area contributed by atoms with E-state index in [1.54, 1.807) is 29.2 Å². The summed E-state index contributed by atoms with van der Waals surface area (Å²) in [7, 11) is -8.46. The number of rotatable bonds is 17. The molecular weight excluding hydrogens is 1280 g/mol. The lowest BCUT2D eigenvalue weighted by Gasteiger charge is -2.42. The molecular formula is C72H102F7NO5S6. The number of alkyl halides is 4. The molecule has 0 unspecified atom stereocenters. The van der Waals surface area contributed by atoms with E-state index in [9.17, 15) is 38.8 Å². The summed E-state index contributed by atoms with van der Waals surface area (Å²) in [5, 5.41) is 0. The Balaban J connectivity index is 0.000000158. The first kappa shape index (κ1) is 74.5. The quantitative estimate of drug-likeness (QED) is 0.0571. The normalized spacial score (nSPS) is 30.2. The van der Waals surface area contributed by atoms with Crippen LogP contribution in [0.2, 0.25) is 0 Å². The molecule has 3 aromatic rings. The third-order valence-electron chi connectivity index (χ3n) is 21.2. The van der Waals surface area contributed by atoms with Crippen LogP contribution in [-0.4, -0.2) is 61.5 Å². The van der Waals surface area contributed by atoms with Crippen LogP contribution in [0.5, 0.6) is 5.75 Å². The number of ether oxygens (including phenoxy) is 1. The van der Waals surface area contributed by atoms with Crippen LogP contribution in [0.3, 0.4) is 0 Å². The van der Waals surface area contributed by atoms with Crippen molar-refractivity contribution >= 4 is 70.9 Å². The lowest BCUT2D eigenvalue weighted by Crippen LogP contribution is -2.51. The maximum Gasteiger partial charge on any atom is 0.432 e. The number of hydrogen-bond donors (Lipinski definition) is 0. The van der Waals surface area contributed by atoms with Gasteiger partial charge < -0.3 is 8.86 Å². The van der Waals surface area contributed by atoms with Gasteiger partial charge in [-0.15, -0.1) is 23.5 Å². The summed E-state index contributed by atoms with van der Waals surface area (Å²) in [6, 6.07) is 15.0. The summed E-state index contributed by atoms with van der Waals surface area (Å²) >= 11 is 7.94. The Kier molecular flexibility index (Phi) is 29.3. The van der Waals surface area contributed by atoms with E-state index in [4.69, 9.17) is 0 Å². The van der Waals surface area contributed by atoms with Gasteiger partial charge in [-0.2, -0.15) is 8.78 Å². The molecule has 0 N–H and O–H groups in total. The van der Waals surface area contributed by atoms with Crippen molar-refractivity contribution in [3.05, 3.63) is 104 Å². The molecule has 11 rings (SSSR count). The Morgan fingerprint density at radius 2 is 0.912 bits per heavy atom. The largest absolute Gasteiger partial charge is 0.432 e. The summed E-state index contributed by atoms with van der Waals surface area (Å²) < 4.78 is 157. The van der Waals surface area contributed by atoms with Gasteiger partial charge in [0.05, 0.1) is 0 Å². The van der Waals surface area contributed by atoms with Gasteiger partial charge in [-0.05, 0) is 211 Å². The second-order valence-electron chi connectivity index (χ2n) is 27.4. The van der Waals surface area contributed by atoms with Crippen molar-refractivity contribution in [2.24, 2.45) is 53.3 Å². The van der Waals surface area contributed by atoms with Crippen molar-refractivity contribution in [3.8, 4) is 5.75 Å². The van der Waals surface area contributed by atoms with E-state index in [2.05, 4.69) is 53.2 Å².